The maximum atomic E-state index is 10.3. The lowest BCUT2D eigenvalue weighted by molar-refractivity contribution is -0.108. The van der Waals surface area contributed by atoms with Crippen LogP contribution in [-0.2, 0) is 4.79 Å². The average Bonchev–Trinajstić information content (AvgIpc) is 2.26. The minimum Gasteiger partial charge on any atom is -0.303 e. The number of hydrogen-bond acceptors (Lipinski definition) is 2. The van der Waals surface area contributed by atoms with Crippen molar-refractivity contribution >= 4 is 6.29 Å². The number of fused-ring (bicyclic) bond motifs is 1. The standard InChI is InChI=1S/C12H21NO/c14-9-3-7-13-8-6-11-4-1-2-5-12(11)10-13/h9,11-12H,1-8,10H2. The first kappa shape index (κ1) is 10.2. The van der Waals surface area contributed by atoms with Gasteiger partial charge in [-0.15, -0.1) is 0 Å². The molecule has 2 fully saturated rings. The van der Waals surface area contributed by atoms with Gasteiger partial charge in [0.15, 0.2) is 0 Å². The molecule has 1 aliphatic carbocycles. The maximum absolute atomic E-state index is 10.3. The molecule has 2 heteroatoms. The van der Waals surface area contributed by atoms with Gasteiger partial charge in [0.2, 0.25) is 0 Å². The molecular weight excluding hydrogens is 174 g/mol. The highest BCUT2D eigenvalue weighted by Crippen LogP contribution is 2.35. The fourth-order valence-electron chi connectivity index (χ4n) is 3.11. The fourth-order valence-corrected chi connectivity index (χ4v) is 3.11. The lowest BCUT2D eigenvalue weighted by Gasteiger charge is -2.41. The van der Waals surface area contributed by atoms with Gasteiger partial charge in [-0.05, 0) is 31.2 Å². The summed E-state index contributed by atoms with van der Waals surface area (Å²) < 4.78 is 0. The summed E-state index contributed by atoms with van der Waals surface area (Å²) in [6, 6.07) is 0. The highest BCUT2D eigenvalue weighted by Gasteiger charge is 2.30. The predicted octanol–water partition coefficient (Wildman–Crippen LogP) is 2.09. The van der Waals surface area contributed by atoms with Crippen LogP contribution in [-0.4, -0.2) is 30.8 Å². The van der Waals surface area contributed by atoms with Crippen LogP contribution in [0.2, 0.25) is 0 Å². The van der Waals surface area contributed by atoms with Crippen LogP contribution < -0.4 is 0 Å². The lowest BCUT2D eigenvalue weighted by Crippen LogP contribution is -2.42. The molecule has 2 unspecified atom stereocenters. The normalized spacial score (nSPS) is 33.7. The van der Waals surface area contributed by atoms with Crippen LogP contribution in [0.1, 0.15) is 38.5 Å². The number of carbonyl (C=O) groups is 1. The Morgan fingerprint density at radius 3 is 2.71 bits per heavy atom. The number of carbonyl (C=O) groups excluding carboxylic acids is 1. The zero-order chi connectivity index (χ0) is 9.80. The number of aldehydes is 1. The van der Waals surface area contributed by atoms with Crippen LogP contribution in [0.5, 0.6) is 0 Å². The van der Waals surface area contributed by atoms with Crippen molar-refractivity contribution in [3.05, 3.63) is 0 Å². The maximum Gasteiger partial charge on any atom is 0.121 e. The summed E-state index contributed by atoms with van der Waals surface area (Å²) in [5.74, 6) is 1.96. The molecule has 2 nitrogen and oxygen atoms in total. The van der Waals surface area contributed by atoms with Crippen molar-refractivity contribution in [1.29, 1.82) is 0 Å². The lowest BCUT2D eigenvalue weighted by atomic mass is 9.75. The van der Waals surface area contributed by atoms with Gasteiger partial charge >= 0.3 is 0 Å². The Balaban J connectivity index is 1.80. The first-order chi connectivity index (χ1) is 6.90. The monoisotopic (exact) mass is 195 g/mol. The topological polar surface area (TPSA) is 20.3 Å². The van der Waals surface area contributed by atoms with E-state index in [-0.39, 0.29) is 0 Å². The summed E-state index contributed by atoms with van der Waals surface area (Å²) in [5.41, 5.74) is 0. The molecule has 1 heterocycles. The van der Waals surface area contributed by atoms with E-state index in [1.807, 2.05) is 0 Å². The first-order valence-electron chi connectivity index (χ1n) is 6.06. The molecule has 2 aliphatic rings. The molecule has 14 heavy (non-hydrogen) atoms. The zero-order valence-electron chi connectivity index (χ0n) is 8.95. The number of nitrogens with zero attached hydrogens (tertiary/aromatic N) is 1. The second-order valence-corrected chi connectivity index (χ2v) is 4.85. The van der Waals surface area contributed by atoms with E-state index in [0.717, 1.165) is 31.1 Å². The van der Waals surface area contributed by atoms with Crippen LogP contribution in [0.25, 0.3) is 0 Å². The third-order valence-electron chi connectivity index (χ3n) is 3.94. The first-order valence-corrected chi connectivity index (χ1v) is 6.06. The van der Waals surface area contributed by atoms with Crippen LogP contribution in [0.15, 0.2) is 0 Å². The van der Waals surface area contributed by atoms with Crippen molar-refractivity contribution in [2.24, 2.45) is 11.8 Å². The molecule has 1 aliphatic heterocycles. The Morgan fingerprint density at radius 2 is 1.93 bits per heavy atom. The molecule has 2 rings (SSSR count). The molecule has 1 saturated heterocycles. The highest BCUT2D eigenvalue weighted by molar-refractivity contribution is 5.49. The molecule has 0 aromatic heterocycles. The second-order valence-electron chi connectivity index (χ2n) is 4.85. The van der Waals surface area contributed by atoms with E-state index in [1.165, 1.54) is 45.2 Å². The molecule has 1 saturated carbocycles. The summed E-state index contributed by atoms with van der Waals surface area (Å²) in [6.07, 6.45) is 8.93. The van der Waals surface area contributed by atoms with Crippen LogP contribution in [0, 0.1) is 11.8 Å². The van der Waals surface area contributed by atoms with Gasteiger partial charge in [0.1, 0.15) is 6.29 Å². The summed E-state index contributed by atoms with van der Waals surface area (Å²) >= 11 is 0. The van der Waals surface area contributed by atoms with E-state index >= 15 is 0 Å². The van der Waals surface area contributed by atoms with Crippen LogP contribution >= 0.6 is 0 Å². The number of piperidine rings is 1. The van der Waals surface area contributed by atoms with Crippen molar-refractivity contribution in [1.82, 2.24) is 4.90 Å². The van der Waals surface area contributed by atoms with Gasteiger partial charge in [-0.3, -0.25) is 0 Å². The van der Waals surface area contributed by atoms with Crippen molar-refractivity contribution in [2.45, 2.75) is 38.5 Å². The SMILES string of the molecule is O=CCCN1CCC2CCCCC2C1. The Labute approximate surface area is 86.7 Å². The zero-order valence-corrected chi connectivity index (χ0v) is 8.95. The van der Waals surface area contributed by atoms with Gasteiger partial charge in [0, 0.05) is 19.5 Å². The quantitative estimate of drug-likeness (QED) is 0.643. The molecule has 80 valence electrons. The van der Waals surface area contributed by atoms with E-state index in [9.17, 15) is 4.79 Å². The third-order valence-corrected chi connectivity index (χ3v) is 3.94. The number of rotatable bonds is 3. The van der Waals surface area contributed by atoms with Crippen molar-refractivity contribution < 1.29 is 4.79 Å². The Kier molecular flexibility index (Phi) is 3.57. The van der Waals surface area contributed by atoms with Crippen molar-refractivity contribution in [3.63, 3.8) is 0 Å². The largest absolute Gasteiger partial charge is 0.303 e. The average molecular weight is 195 g/mol. The smallest absolute Gasteiger partial charge is 0.121 e. The summed E-state index contributed by atoms with van der Waals surface area (Å²) in [4.78, 5) is 12.8. The molecule has 0 N–H and O–H groups in total. The fraction of sp³-hybridized carbons (Fsp3) is 0.917. The minimum atomic E-state index is 0.720. The molecule has 0 spiro atoms. The van der Waals surface area contributed by atoms with Gasteiger partial charge in [0.25, 0.3) is 0 Å². The summed E-state index contributed by atoms with van der Waals surface area (Å²) in [5, 5.41) is 0. The van der Waals surface area contributed by atoms with E-state index in [0.29, 0.717) is 0 Å². The number of hydrogen-bond donors (Lipinski definition) is 0. The number of likely N-dealkylation sites (tertiary alicyclic amines) is 1. The van der Waals surface area contributed by atoms with Crippen molar-refractivity contribution in [2.75, 3.05) is 19.6 Å². The molecule has 2 atom stereocenters. The van der Waals surface area contributed by atoms with Gasteiger partial charge in [0.05, 0.1) is 0 Å². The highest BCUT2D eigenvalue weighted by atomic mass is 16.1. The molecule has 0 bridgehead atoms. The Hall–Kier alpha value is -0.370. The summed E-state index contributed by atoms with van der Waals surface area (Å²) in [7, 11) is 0. The Bertz CT molecular complexity index is 193. The minimum absolute atomic E-state index is 0.720. The van der Waals surface area contributed by atoms with E-state index in [4.69, 9.17) is 0 Å². The van der Waals surface area contributed by atoms with Gasteiger partial charge in [-0.1, -0.05) is 19.3 Å². The van der Waals surface area contributed by atoms with Crippen LogP contribution in [0.3, 0.4) is 0 Å². The predicted molar refractivity (Wildman–Crippen MR) is 57.2 cm³/mol. The van der Waals surface area contributed by atoms with Gasteiger partial charge in [-0.25, -0.2) is 0 Å². The van der Waals surface area contributed by atoms with Gasteiger partial charge in [-0.2, -0.15) is 0 Å². The van der Waals surface area contributed by atoms with E-state index in [2.05, 4.69) is 4.90 Å². The molecular formula is C12H21NO. The van der Waals surface area contributed by atoms with E-state index < -0.39 is 0 Å². The molecule has 0 amide bonds. The van der Waals surface area contributed by atoms with E-state index in [1.54, 1.807) is 0 Å². The summed E-state index contributed by atoms with van der Waals surface area (Å²) in [6.45, 7) is 3.49. The second kappa shape index (κ2) is 4.92. The van der Waals surface area contributed by atoms with Crippen LogP contribution in [0.4, 0.5) is 0 Å². The van der Waals surface area contributed by atoms with Crippen molar-refractivity contribution in [3.8, 4) is 0 Å². The van der Waals surface area contributed by atoms with Gasteiger partial charge < -0.3 is 9.69 Å². The molecule has 0 aromatic carbocycles. The molecule has 0 aromatic rings. The Morgan fingerprint density at radius 1 is 1.14 bits per heavy atom. The molecule has 0 radical (unpaired) electrons. The third kappa shape index (κ3) is 2.35.